The first-order chi connectivity index (χ1) is 9.15. The lowest BCUT2D eigenvalue weighted by molar-refractivity contribution is -0.137. The summed E-state index contributed by atoms with van der Waals surface area (Å²) in [7, 11) is 0. The van der Waals surface area contributed by atoms with Gasteiger partial charge in [0, 0.05) is 12.7 Å². The second-order valence-corrected chi connectivity index (χ2v) is 4.58. The maximum absolute atomic E-state index is 11.9. The van der Waals surface area contributed by atoms with Crippen LogP contribution in [0.5, 0.6) is 0 Å². The smallest absolute Gasteiger partial charge is 0.323 e. The van der Waals surface area contributed by atoms with Gasteiger partial charge in [-0.1, -0.05) is 0 Å². The van der Waals surface area contributed by atoms with Gasteiger partial charge < -0.3 is 15.3 Å². The van der Waals surface area contributed by atoms with Crippen molar-refractivity contribution in [1.82, 2.24) is 20.2 Å². The molecule has 0 spiro atoms. The van der Waals surface area contributed by atoms with Crippen LogP contribution < -0.4 is 5.32 Å². The average molecular weight is 264 g/mol. The van der Waals surface area contributed by atoms with Crippen LogP contribution in [0.25, 0.3) is 0 Å². The number of hydrogen-bond donors (Lipinski definition) is 2. The minimum atomic E-state index is -1.00. The van der Waals surface area contributed by atoms with E-state index in [1.54, 1.807) is 12.3 Å². The highest BCUT2D eigenvalue weighted by Crippen LogP contribution is 2.29. The lowest BCUT2D eigenvalue weighted by Gasteiger charge is -2.20. The summed E-state index contributed by atoms with van der Waals surface area (Å²) in [6.45, 7) is 0.496. The van der Waals surface area contributed by atoms with Crippen LogP contribution >= 0.6 is 0 Å². The van der Waals surface area contributed by atoms with Crippen LogP contribution in [-0.4, -0.2) is 45.1 Å². The van der Waals surface area contributed by atoms with Gasteiger partial charge in [0.25, 0.3) is 0 Å². The van der Waals surface area contributed by atoms with E-state index >= 15 is 0 Å². The molecule has 2 amide bonds. The Hall–Kier alpha value is -2.18. The van der Waals surface area contributed by atoms with Crippen LogP contribution in [0.15, 0.2) is 18.6 Å². The molecule has 0 radical (unpaired) electrons. The summed E-state index contributed by atoms with van der Waals surface area (Å²) in [5.74, 6) is -0.554. The molecule has 1 aromatic rings. The van der Waals surface area contributed by atoms with E-state index in [1.165, 1.54) is 11.2 Å². The van der Waals surface area contributed by atoms with E-state index in [1.807, 2.05) is 0 Å². The number of carbonyl (C=O) groups is 2. The lowest BCUT2D eigenvalue weighted by atomic mass is 10.3. The quantitative estimate of drug-likeness (QED) is 0.779. The number of aromatic nitrogens is 2. The van der Waals surface area contributed by atoms with Gasteiger partial charge in [-0.3, -0.25) is 4.79 Å². The van der Waals surface area contributed by atoms with Gasteiger partial charge >= 0.3 is 12.0 Å². The van der Waals surface area contributed by atoms with E-state index < -0.39 is 5.97 Å². The maximum atomic E-state index is 11.9. The molecule has 7 heteroatoms. The van der Waals surface area contributed by atoms with Gasteiger partial charge in [0.05, 0.1) is 12.2 Å². The van der Waals surface area contributed by atoms with Crippen molar-refractivity contribution in [2.75, 3.05) is 13.1 Å². The number of nitrogens with zero attached hydrogens (tertiary/aromatic N) is 3. The molecule has 0 atom stereocenters. The fourth-order valence-corrected chi connectivity index (χ4v) is 1.70. The molecule has 0 saturated heterocycles. The molecule has 1 aliphatic carbocycles. The molecule has 19 heavy (non-hydrogen) atoms. The topological polar surface area (TPSA) is 95.4 Å². The zero-order valence-electron chi connectivity index (χ0n) is 10.5. The van der Waals surface area contributed by atoms with Crippen molar-refractivity contribution in [3.05, 3.63) is 24.3 Å². The molecule has 1 aromatic heterocycles. The summed E-state index contributed by atoms with van der Waals surface area (Å²) < 4.78 is 0. The molecule has 7 nitrogen and oxygen atoms in total. The highest BCUT2D eigenvalue weighted by Gasteiger charge is 2.27. The SMILES string of the molecule is O=C(O)CN(CC1CC1)C(=O)NCc1ccncn1. The molecule has 1 aliphatic rings. The predicted molar refractivity (Wildman–Crippen MR) is 66.2 cm³/mol. The van der Waals surface area contributed by atoms with Crippen molar-refractivity contribution in [1.29, 1.82) is 0 Å². The first kappa shape index (κ1) is 13.3. The highest BCUT2D eigenvalue weighted by atomic mass is 16.4. The van der Waals surface area contributed by atoms with Gasteiger partial charge in [0.15, 0.2) is 0 Å². The number of nitrogens with one attached hydrogen (secondary N) is 1. The van der Waals surface area contributed by atoms with Gasteiger partial charge in [-0.25, -0.2) is 14.8 Å². The number of hydrogen-bond acceptors (Lipinski definition) is 4. The Morgan fingerprint density at radius 3 is 2.84 bits per heavy atom. The van der Waals surface area contributed by atoms with Crippen molar-refractivity contribution in [3.8, 4) is 0 Å². The van der Waals surface area contributed by atoms with E-state index in [0.717, 1.165) is 12.8 Å². The minimum Gasteiger partial charge on any atom is -0.480 e. The van der Waals surface area contributed by atoms with Gasteiger partial charge in [-0.2, -0.15) is 0 Å². The van der Waals surface area contributed by atoms with Crippen LogP contribution in [0.3, 0.4) is 0 Å². The van der Waals surface area contributed by atoms with E-state index in [0.29, 0.717) is 18.2 Å². The van der Waals surface area contributed by atoms with Crippen molar-refractivity contribution in [2.24, 2.45) is 5.92 Å². The van der Waals surface area contributed by atoms with Crippen molar-refractivity contribution in [2.45, 2.75) is 19.4 Å². The third-order valence-corrected chi connectivity index (χ3v) is 2.85. The molecule has 0 aliphatic heterocycles. The zero-order valence-corrected chi connectivity index (χ0v) is 10.5. The minimum absolute atomic E-state index is 0.266. The van der Waals surface area contributed by atoms with Crippen LogP contribution in [0.4, 0.5) is 4.79 Å². The number of carboxylic acid groups (broad SMARTS) is 1. The zero-order chi connectivity index (χ0) is 13.7. The maximum Gasteiger partial charge on any atom is 0.323 e. The predicted octanol–water partition coefficient (Wildman–Crippen LogP) is 0.483. The first-order valence-corrected chi connectivity index (χ1v) is 6.14. The molecule has 0 unspecified atom stereocenters. The fraction of sp³-hybridized carbons (Fsp3) is 0.500. The Morgan fingerprint density at radius 1 is 1.47 bits per heavy atom. The normalized spacial score (nSPS) is 13.9. The van der Waals surface area contributed by atoms with Gasteiger partial charge in [0.2, 0.25) is 0 Å². The van der Waals surface area contributed by atoms with Crippen molar-refractivity contribution in [3.63, 3.8) is 0 Å². The molecular formula is C12H16N4O3. The lowest BCUT2D eigenvalue weighted by Crippen LogP contribution is -2.43. The van der Waals surface area contributed by atoms with Crippen molar-refractivity contribution < 1.29 is 14.7 Å². The molecule has 1 heterocycles. The average Bonchev–Trinajstić information content (AvgIpc) is 3.20. The van der Waals surface area contributed by atoms with Crippen LogP contribution in [0.1, 0.15) is 18.5 Å². The Kier molecular flexibility index (Phi) is 4.27. The summed E-state index contributed by atoms with van der Waals surface area (Å²) in [6.07, 6.45) is 5.12. The van der Waals surface area contributed by atoms with E-state index in [2.05, 4.69) is 15.3 Å². The third kappa shape index (κ3) is 4.53. The molecule has 1 fully saturated rings. The number of aliphatic carboxylic acids is 1. The summed E-state index contributed by atoms with van der Waals surface area (Å²) in [4.78, 5) is 31.8. The molecular weight excluding hydrogens is 248 g/mol. The number of urea groups is 1. The van der Waals surface area contributed by atoms with Gasteiger partial charge in [0.1, 0.15) is 12.9 Å². The number of rotatable bonds is 6. The Balaban J connectivity index is 1.85. The van der Waals surface area contributed by atoms with Crippen molar-refractivity contribution >= 4 is 12.0 Å². The van der Waals surface area contributed by atoms with Crippen LogP contribution in [0, 0.1) is 5.92 Å². The van der Waals surface area contributed by atoms with Gasteiger partial charge in [-0.05, 0) is 24.8 Å². The van der Waals surface area contributed by atoms with Crippen LogP contribution in [-0.2, 0) is 11.3 Å². The number of carbonyl (C=O) groups excluding carboxylic acids is 1. The van der Waals surface area contributed by atoms with E-state index in [9.17, 15) is 9.59 Å². The Labute approximate surface area is 110 Å². The summed E-state index contributed by atoms with van der Waals surface area (Å²) >= 11 is 0. The summed E-state index contributed by atoms with van der Waals surface area (Å²) in [5, 5.41) is 11.5. The first-order valence-electron chi connectivity index (χ1n) is 6.14. The van der Waals surface area contributed by atoms with E-state index in [4.69, 9.17) is 5.11 Å². The van der Waals surface area contributed by atoms with Gasteiger partial charge in [-0.15, -0.1) is 0 Å². The monoisotopic (exact) mass is 264 g/mol. The molecule has 0 aromatic carbocycles. The molecule has 2 rings (SSSR count). The van der Waals surface area contributed by atoms with Crippen LogP contribution in [0.2, 0.25) is 0 Å². The molecule has 1 saturated carbocycles. The standard InChI is InChI=1S/C12H16N4O3/c17-11(18)7-16(6-9-1-2-9)12(19)14-5-10-3-4-13-8-15-10/h3-4,8-9H,1-2,5-7H2,(H,14,19)(H,17,18). The number of carboxylic acids is 1. The third-order valence-electron chi connectivity index (χ3n) is 2.85. The summed E-state index contributed by atoms with van der Waals surface area (Å²) in [6, 6.07) is 1.33. The Morgan fingerprint density at radius 2 is 2.26 bits per heavy atom. The molecule has 102 valence electrons. The Bertz CT molecular complexity index is 448. The summed E-state index contributed by atoms with van der Waals surface area (Å²) in [5.41, 5.74) is 0.685. The largest absolute Gasteiger partial charge is 0.480 e. The molecule has 2 N–H and O–H groups in total. The fourth-order valence-electron chi connectivity index (χ4n) is 1.70. The highest BCUT2D eigenvalue weighted by molar-refractivity contribution is 5.80. The molecule has 0 bridgehead atoms. The second-order valence-electron chi connectivity index (χ2n) is 4.58. The number of amides is 2. The second kappa shape index (κ2) is 6.12. The van der Waals surface area contributed by atoms with E-state index in [-0.39, 0.29) is 19.1 Å².